The number of benzene rings is 2. The second kappa shape index (κ2) is 8.13. The zero-order valence-electron chi connectivity index (χ0n) is 16.3. The summed E-state index contributed by atoms with van der Waals surface area (Å²) in [4.78, 5) is 23.8. The average molecular weight is 409 g/mol. The SMILES string of the molecule is Cc1ccc(C)c2sc(N(CCCn3ccnc3)C(=O)c3ccc(F)cc3)nc12. The van der Waals surface area contributed by atoms with Crippen LogP contribution in [0.5, 0.6) is 0 Å². The van der Waals surface area contributed by atoms with Crippen molar-refractivity contribution in [2.24, 2.45) is 0 Å². The highest BCUT2D eigenvalue weighted by molar-refractivity contribution is 7.22. The quantitative estimate of drug-likeness (QED) is 0.452. The van der Waals surface area contributed by atoms with E-state index in [1.54, 1.807) is 17.4 Å². The van der Waals surface area contributed by atoms with E-state index >= 15 is 0 Å². The van der Waals surface area contributed by atoms with Gasteiger partial charge in [0.2, 0.25) is 0 Å². The number of amides is 1. The summed E-state index contributed by atoms with van der Waals surface area (Å²) < 4.78 is 16.4. The molecular weight excluding hydrogens is 387 g/mol. The maximum Gasteiger partial charge on any atom is 0.260 e. The molecule has 4 aromatic rings. The summed E-state index contributed by atoms with van der Waals surface area (Å²) in [5.41, 5.74) is 3.60. The summed E-state index contributed by atoms with van der Waals surface area (Å²) in [5.74, 6) is -0.538. The third kappa shape index (κ3) is 4.05. The fourth-order valence-electron chi connectivity index (χ4n) is 3.23. The first-order chi connectivity index (χ1) is 14.0. The van der Waals surface area contributed by atoms with Gasteiger partial charge in [-0.25, -0.2) is 14.4 Å². The molecule has 0 unspecified atom stereocenters. The number of imidazole rings is 1. The summed E-state index contributed by atoms with van der Waals surface area (Å²) in [6.45, 7) is 5.33. The smallest absolute Gasteiger partial charge is 0.260 e. The second-order valence-electron chi connectivity index (χ2n) is 6.99. The number of aryl methyl sites for hydroxylation is 3. The number of hydrogen-bond acceptors (Lipinski definition) is 4. The van der Waals surface area contributed by atoms with E-state index in [0.717, 1.165) is 34.3 Å². The number of halogens is 1. The highest BCUT2D eigenvalue weighted by Gasteiger charge is 2.22. The number of carbonyl (C=O) groups excluding carboxylic acids is 1. The van der Waals surface area contributed by atoms with Crippen LogP contribution in [0.25, 0.3) is 10.2 Å². The van der Waals surface area contributed by atoms with Crippen molar-refractivity contribution in [3.63, 3.8) is 0 Å². The van der Waals surface area contributed by atoms with E-state index in [1.807, 2.05) is 23.8 Å². The zero-order chi connectivity index (χ0) is 20.4. The van der Waals surface area contributed by atoms with Crippen LogP contribution in [0.2, 0.25) is 0 Å². The first kappa shape index (κ1) is 19.3. The number of rotatable bonds is 6. The number of anilines is 1. The lowest BCUT2D eigenvalue weighted by molar-refractivity contribution is 0.0986. The predicted octanol–water partition coefficient (Wildman–Crippen LogP) is 4.99. The molecule has 4 rings (SSSR count). The average Bonchev–Trinajstić information content (AvgIpc) is 3.39. The van der Waals surface area contributed by atoms with Gasteiger partial charge < -0.3 is 4.57 Å². The number of carbonyl (C=O) groups is 1. The lowest BCUT2D eigenvalue weighted by Gasteiger charge is -2.20. The molecule has 7 heteroatoms. The molecule has 0 N–H and O–H groups in total. The van der Waals surface area contributed by atoms with Crippen molar-refractivity contribution in [1.29, 1.82) is 0 Å². The van der Waals surface area contributed by atoms with Crippen LogP contribution in [0, 0.1) is 19.7 Å². The lowest BCUT2D eigenvalue weighted by atomic mass is 10.1. The Labute approximate surface area is 172 Å². The van der Waals surface area contributed by atoms with E-state index in [0.29, 0.717) is 17.2 Å². The molecule has 29 heavy (non-hydrogen) atoms. The number of nitrogens with zero attached hydrogens (tertiary/aromatic N) is 4. The molecule has 0 saturated carbocycles. The minimum Gasteiger partial charge on any atom is -0.337 e. The maximum atomic E-state index is 13.3. The van der Waals surface area contributed by atoms with Gasteiger partial charge in [-0.3, -0.25) is 9.69 Å². The Morgan fingerprint density at radius 2 is 1.90 bits per heavy atom. The Hall–Kier alpha value is -3.06. The van der Waals surface area contributed by atoms with E-state index in [2.05, 4.69) is 18.0 Å². The number of thiazole rings is 1. The van der Waals surface area contributed by atoms with Crippen molar-refractivity contribution in [2.45, 2.75) is 26.8 Å². The molecule has 0 aliphatic heterocycles. The highest BCUT2D eigenvalue weighted by Crippen LogP contribution is 2.33. The summed E-state index contributed by atoms with van der Waals surface area (Å²) in [7, 11) is 0. The second-order valence-corrected chi connectivity index (χ2v) is 7.97. The minimum atomic E-state index is -0.362. The van der Waals surface area contributed by atoms with Crippen molar-refractivity contribution in [2.75, 3.05) is 11.4 Å². The van der Waals surface area contributed by atoms with E-state index in [1.165, 1.54) is 35.6 Å². The van der Waals surface area contributed by atoms with Crippen LogP contribution in [-0.2, 0) is 6.54 Å². The largest absolute Gasteiger partial charge is 0.337 e. The predicted molar refractivity (Wildman–Crippen MR) is 114 cm³/mol. The molecule has 0 bridgehead atoms. The summed E-state index contributed by atoms with van der Waals surface area (Å²) in [5, 5.41) is 0.664. The van der Waals surface area contributed by atoms with Gasteiger partial charge in [-0.2, -0.15) is 0 Å². The standard InChI is InChI=1S/C22H21FN4OS/c1-15-4-5-16(2)20-19(15)25-22(29-20)27(12-3-11-26-13-10-24-14-26)21(28)17-6-8-18(23)9-7-17/h4-10,13-14H,3,11-12H2,1-2H3. The molecule has 2 aromatic carbocycles. The van der Waals surface area contributed by atoms with Crippen molar-refractivity contribution < 1.29 is 9.18 Å². The number of fused-ring (bicyclic) bond motifs is 1. The van der Waals surface area contributed by atoms with Gasteiger partial charge in [0.25, 0.3) is 5.91 Å². The minimum absolute atomic E-state index is 0.176. The molecule has 0 spiro atoms. The zero-order valence-corrected chi connectivity index (χ0v) is 17.1. The fraction of sp³-hybridized carbons (Fsp3) is 0.227. The van der Waals surface area contributed by atoms with Crippen LogP contribution in [0.4, 0.5) is 9.52 Å². The number of aromatic nitrogens is 3. The summed E-state index contributed by atoms with van der Waals surface area (Å²) in [6.07, 6.45) is 6.14. The Kier molecular flexibility index (Phi) is 5.40. The molecule has 0 radical (unpaired) electrons. The molecule has 0 aliphatic rings. The topological polar surface area (TPSA) is 51.0 Å². The normalized spacial score (nSPS) is 11.1. The van der Waals surface area contributed by atoms with Gasteiger partial charge in [0.1, 0.15) is 5.82 Å². The maximum absolute atomic E-state index is 13.3. The van der Waals surface area contributed by atoms with Gasteiger partial charge in [0.15, 0.2) is 5.13 Å². The van der Waals surface area contributed by atoms with E-state index in [-0.39, 0.29) is 11.7 Å². The fourth-order valence-corrected chi connectivity index (χ4v) is 4.36. The Balaban J connectivity index is 1.67. The Morgan fingerprint density at radius 3 is 2.59 bits per heavy atom. The van der Waals surface area contributed by atoms with Gasteiger partial charge in [0, 0.05) is 31.0 Å². The lowest BCUT2D eigenvalue weighted by Crippen LogP contribution is -2.32. The van der Waals surface area contributed by atoms with Crippen molar-refractivity contribution >= 4 is 32.6 Å². The summed E-state index contributed by atoms with van der Waals surface area (Å²) in [6, 6.07) is 9.78. The molecular formula is C22H21FN4OS. The van der Waals surface area contributed by atoms with E-state index in [4.69, 9.17) is 4.98 Å². The third-order valence-electron chi connectivity index (χ3n) is 4.86. The van der Waals surface area contributed by atoms with Crippen LogP contribution in [0.15, 0.2) is 55.1 Å². The van der Waals surface area contributed by atoms with Gasteiger partial charge in [-0.15, -0.1) is 0 Å². The van der Waals surface area contributed by atoms with Crippen LogP contribution in [0.3, 0.4) is 0 Å². The molecule has 148 valence electrons. The first-order valence-electron chi connectivity index (χ1n) is 9.43. The molecule has 2 heterocycles. The first-order valence-corrected chi connectivity index (χ1v) is 10.2. The van der Waals surface area contributed by atoms with Crippen molar-refractivity contribution in [3.05, 3.63) is 77.6 Å². The van der Waals surface area contributed by atoms with E-state index < -0.39 is 0 Å². The number of hydrogen-bond donors (Lipinski definition) is 0. The third-order valence-corrected chi connectivity index (χ3v) is 6.07. The van der Waals surface area contributed by atoms with Crippen LogP contribution >= 0.6 is 11.3 Å². The van der Waals surface area contributed by atoms with Gasteiger partial charge in [-0.1, -0.05) is 23.5 Å². The summed E-state index contributed by atoms with van der Waals surface area (Å²) >= 11 is 1.52. The van der Waals surface area contributed by atoms with Crippen LogP contribution in [0.1, 0.15) is 27.9 Å². The van der Waals surface area contributed by atoms with Gasteiger partial charge >= 0.3 is 0 Å². The molecule has 0 atom stereocenters. The van der Waals surface area contributed by atoms with Gasteiger partial charge in [-0.05, 0) is 55.7 Å². The highest BCUT2D eigenvalue weighted by atomic mass is 32.1. The monoisotopic (exact) mass is 408 g/mol. The van der Waals surface area contributed by atoms with Crippen molar-refractivity contribution in [3.8, 4) is 0 Å². The van der Waals surface area contributed by atoms with Crippen LogP contribution < -0.4 is 4.90 Å². The van der Waals surface area contributed by atoms with Crippen molar-refractivity contribution in [1.82, 2.24) is 14.5 Å². The molecule has 0 aliphatic carbocycles. The Bertz CT molecular complexity index is 1100. The molecule has 2 aromatic heterocycles. The molecule has 1 amide bonds. The Morgan fingerprint density at radius 1 is 1.14 bits per heavy atom. The van der Waals surface area contributed by atoms with E-state index in [9.17, 15) is 9.18 Å². The molecule has 5 nitrogen and oxygen atoms in total. The molecule has 0 saturated heterocycles. The molecule has 0 fully saturated rings. The van der Waals surface area contributed by atoms with Gasteiger partial charge in [0.05, 0.1) is 16.5 Å². The van der Waals surface area contributed by atoms with Crippen LogP contribution in [-0.4, -0.2) is 27.0 Å².